The van der Waals surface area contributed by atoms with Crippen molar-refractivity contribution >= 4 is 34.2 Å². The molecule has 27 heavy (non-hydrogen) atoms. The van der Waals surface area contributed by atoms with Gasteiger partial charge in [0.2, 0.25) is 0 Å². The number of hydrogen-bond acceptors (Lipinski definition) is 8. The van der Waals surface area contributed by atoms with Crippen molar-refractivity contribution in [3.05, 3.63) is 45.8 Å². The lowest BCUT2D eigenvalue weighted by Gasteiger charge is -2.09. The Bertz CT molecular complexity index is 862. The fourth-order valence-electron chi connectivity index (χ4n) is 2.32. The average Bonchev–Trinajstić information content (AvgIpc) is 3.01. The summed E-state index contributed by atoms with van der Waals surface area (Å²) in [7, 11) is 2.94. The van der Waals surface area contributed by atoms with Crippen molar-refractivity contribution in [2.45, 2.75) is 13.5 Å². The summed E-state index contributed by atoms with van der Waals surface area (Å²) in [5.74, 6) is -1.23. The standard InChI is InChI=1S/C18H20N2O6S/c1-4-25-18(23)13-12(14(16(21)20-2)27-15(13)19)9-26-17(22)10-6-5-7-11(8-10)24-3/h5-8H,4,9,19H2,1-3H3,(H,20,21). The number of esters is 2. The summed E-state index contributed by atoms with van der Waals surface area (Å²) in [5.41, 5.74) is 6.43. The molecule has 1 aromatic carbocycles. The van der Waals surface area contributed by atoms with Gasteiger partial charge in [0, 0.05) is 12.6 Å². The van der Waals surface area contributed by atoms with E-state index in [0.29, 0.717) is 5.75 Å². The van der Waals surface area contributed by atoms with Crippen LogP contribution in [0.15, 0.2) is 24.3 Å². The predicted molar refractivity (Wildman–Crippen MR) is 100 cm³/mol. The highest BCUT2D eigenvalue weighted by atomic mass is 32.1. The zero-order valence-electron chi connectivity index (χ0n) is 15.2. The highest BCUT2D eigenvalue weighted by Gasteiger charge is 2.27. The van der Waals surface area contributed by atoms with Crippen LogP contribution in [0.25, 0.3) is 0 Å². The number of hydrogen-bond donors (Lipinski definition) is 2. The van der Waals surface area contributed by atoms with Crippen LogP contribution in [-0.4, -0.2) is 38.6 Å². The zero-order valence-corrected chi connectivity index (χ0v) is 16.0. The number of amides is 1. The molecule has 0 aliphatic rings. The first-order valence-electron chi connectivity index (χ1n) is 8.04. The van der Waals surface area contributed by atoms with E-state index in [-0.39, 0.29) is 39.8 Å². The molecule has 2 aromatic rings. The molecule has 0 spiro atoms. The van der Waals surface area contributed by atoms with Gasteiger partial charge in [-0.3, -0.25) is 4.79 Å². The highest BCUT2D eigenvalue weighted by molar-refractivity contribution is 7.18. The van der Waals surface area contributed by atoms with Crippen molar-refractivity contribution < 1.29 is 28.6 Å². The van der Waals surface area contributed by atoms with Gasteiger partial charge in [-0.15, -0.1) is 11.3 Å². The van der Waals surface area contributed by atoms with Gasteiger partial charge < -0.3 is 25.3 Å². The molecular weight excluding hydrogens is 372 g/mol. The molecule has 1 heterocycles. The van der Waals surface area contributed by atoms with Crippen LogP contribution < -0.4 is 15.8 Å². The normalized spacial score (nSPS) is 10.2. The van der Waals surface area contributed by atoms with Crippen LogP contribution in [0.4, 0.5) is 5.00 Å². The molecule has 0 bridgehead atoms. The van der Waals surface area contributed by atoms with Crippen molar-refractivity contribution in [3.8, 4) is 5.75 Å². The van der Waals surface area contributed by atoms with Crippen molar-refractivity contribution in [1.82, 2.24) is 5.32 Å². The summed E-state index contributed by atoms with van der Waals surface area (Å²) in [6.07, 6.45) is 0. The molecule has 1 aromatic heterocycles. The number of anilines is 1. The molecule has 0 fully saturated rings. The third kappa shape index (κ3) is 4.56. The van der Waals surface area contributed by atoms with E-state index in [4.69, 9.17) is 19.9 Å². The highest BCUT2D eigenvalue weighted by Crippen LogP contribution is 2.32. The number of carbonyl (C=O) groups is 3. The first-order chi connectivity index (χ1) is 12.9. The molecule has 0 radical (unpaired) electrons. The fourth-order valence-corrected chi connectivity index (χ4v) is 3.33. The monoisotopic (exact) mass is 392 g/mol. The van der Waals surface area contributed by atoms with E-state index in [1.54, 1.807) is 25.1 Å². The van der Waals surface area contributed by atoms with Gasteiger partial charge in [0.25, 0.3) is 5.91 Å². The van der Waals surface area contributed by atoms with Crippen molar-refractivity contribution in [1.29, 1.82) is 0 Å². The van der Waals surface area contributed by atoms with Crippen LogP contribution in [-0.2, 0) is 16.1 Å². The Hall–Kier alpha value is -3.07. The smallest absolute Gasteiger partial charge is 0.341 e. The predicted octanol–water partition coefficient (Wildman–Crippen LogP) is 2.23. The van der Waals surface area contributed by atoms with Crippen molar-refractivity contribution in [2.24, 2.45) is 0 Å². The molecule has 0 aliphatic carbocycles. The van der Waals surface area contributed by atoms with Crippen molar-refractivity contribution in [2.75, 3.05) is 26.5 Å². The second-order valence-electron chi connectivity index (χ2n) is 5.26. The van der Waals surface area contributed by atoms with Gasteiger partial charge in [0.15, 0.2) is 0 Å². The average molecular weight is 392 g/mol. The van der Waals surface area contributed by atoms with Gasteiger partial charge >= 0.3 is 11.9 Å². The maximum Gasteiger partial charge on any atom is 0.341 e. The largest absolute Gasteiger partial charge is 0.497 e. The lowest BCUT2D eigenvalue weighted by Crippen LogP contribution is -2.19. The maximum absolute atomic E-state index is 12.3. The molecular formula is C18H20N2O6S. The fraction of sp³-hybridized carbons (Fsp3) is 0.278. The molecule has 0 saturated heterocycles. The molecule has 1 amide bonds. The Labute approximate surface area is 160 Å². The van der Waals surface area contributed by atoms with E-state index in [1.807, 2.05) is 0 Å². The van der Waals surface area contributed by atoms with E-state index >= 15 is 0 Å². The van der Waals surface area contributed by atoms with Gasteiger partial charge in [-0.25, -0.2) is 9.59 Å². The molecule has 0 saturated carbocycles. The number of rotatable bonds is 7. The molecule has 0 unspecified atom stereocenters. The van der Waals surface area contributed by atoms with E-state index in [9.17, 15) is 14.4 Å². The van der Waals surface area contributed by atoms with Crippen LogP contribution in [0, 0.1) is 0 Å². The van der Waals surface area contributed by atoms with Crippen molar-refractivity contribution in [3.63, 3.8) is 0 Å². The molecule has 3 N–H and O–H groups in total. The number of thiophene rings is 1. The lowest BCUT2D eigenvalue weighted by atomic mass is 10.1. The first-order valence-corrected chi connectivity index (χ1v) is 8.86. The second-order valence-corrected chi connectivity index (χ2v) is 6.31. The summed E-state index contributed by atoms with van der Waals surface area (Å²) in [4.78, 5) is 36.9. The molecule has 0 atom stereocenters. The van der Waals surface area contributed by atoms with E-state index in [0.717, 1.165) is 11.3 Å². The zero-order chi connectivity index (χ0) is 20.0. The molecule has 144 valence electrons. The van der Waals surface area contributed by atoms with Crippen LogP contribution in [0.1, 0.15) is 42.9 Å². The molecule has 8 nitrogen and oxygen atoms in total. The molecule has 2 rings (SSSR count). The maximum atomic E-state index is 12.3. The Morgan fingerprint density at radius 3 is 2.56 bits per heavy atom. The molecule has 9 heteroatoms. The van der Waals surface area contributed by atoms with Gasteiger partial charge in [0.1, 0.15) is 27.8 Å². The number of methoxy groups -OCH3 is 1. The number of benzene rings is 1. The van der Waals surface area contributed by atoms with Crippen LogP contribution in [0.5, 0.6) is 5.75 Å². The van der Waals surface area contributed by atoms with E-state index in [1.165, 1.54) is 20.2 Å². The summed E-state index contributed by atoms with van der Waals surface area (Å²) in [6.45, 7) is 1.50. The van der Waals surface area contributed by atoms with Crippen LogP contribution >= 0.6 is 11.3 Å². The summed E-state index contributed by atoms with van der Waals surface area (Å²) >= 11 is 0.935. The minimum Gasteiger partial charge on any atom is -0.497 e. The number of nitrogens with one attached hydrogen (secondary N) is 1. The minimum atomic E-state index is -0.672. The van der Waals surface area contributed by atoms with E-state index in [2.05, 4.69) is 5.32 Å². The summed E-state index contributed by atoms with van der Waals surface area (Å²) < 4.78 is 15.4. The Kier molecular flexibility index (Phi) is 6.78. The van der Waals surface area contributed by atoms with Gasteiger partial charge in [-0.1, -0.05) is 6.07 Å². The number of nitrogens with two attached hydrogens (primary N) is 1. The lowest BCUT2D eigenvalue weighted by molar-refractivity contribution is 0.0449. The summed E-state index contributed by atoms with van der Waals surface area (Å²) in [5, 5.41) is 2.60. The van der Waals surface area contributed by atoms with E-state index < -0.39 is 17.8 Å². The first kappa shape index (κ1) is 20.2. The Morgan fingerprint density at radius 2 is 1.93 bits per heavy atom. The van der Waals surface area contributed by atoms with Gasteiger partial charge in [0.05, 0.1) is 19.3 Å². The number of carbonyl (C=O) groups excluding carboxylic acids is 3. The third-order valence-corrected chi connectivity index (χ3v) is 4.66. The Morgan fingerprint density at radius 1 is 1.19 bits per heavy atom. The van der Waals surface area contributed by atoms with Crippen LogP contribution in [0.2, 0.25) is 0 Å². The van der Waals surface area contributed by atoms with Crippen LogP contribution in [0.3, 0.4) is 0 Å². The molecule has 0 aliphatic heterocycles. The Balaban J connectivity index is 2.31. The van der Waals surface area contributed by atoms with Gasteiger partial charge in [-0.2, -0.15) is 0 Å². The quantitative estimate of drug-likeness (QED) is 0.694. The number of ether oxygens (including phenoxy) is 3. The SMILES string of the molecule is CCOC(=O)c1c(N)sc(C(=O)NC)c1COC(=O)c1cccc(OC)c1. The second kappa shape index (κ2) is 9.04. The topological polar surface area (TPSA) is 117 Å². The third-order valence-electron chi connectivity index (χ3n) is 3.60. The number of nitrogen functional groups attached to an aromatic ring is 1. The van der Waals surface area contributed by atoms with Gasteiger partial charge in [-0.05, 0) is 25.1 Å². The summed E-state index contributed by atoms with van der Waals surface area (Å²) in [6, 6.07) is 6.44. The minimum absolute atomic E-state index is 0.0406.